The fourth-order valence-corrected chi connectivity index (χ4v) is 5.56. The maximum absolute atomic E-state index is 12.5. The molecule has 0 aromatic heterocycles. The fraction of sp³-hybridized carbons (Fsp3) is 0.385. The minimum Gasteiger partial charge on any atom is -0.369 e. The summed E-state index contributed by atoms with van der Waals surface area (Å²) in [6.07, 6.45) is 4.25. The molecule has 2 aromatic carbocycles. The third-order valence-corrected chi connectivity index (χ3v) is 7.79. The average Bonchev–Trinajstić information content (AvgIpc) is 2.85. The highest BCUT2D eigenvalue weighted by atomic mass is 127. The minimum absolute atomic E-state index is 0.353. The van der Waals surface area contributed by atoms with Crippen LogP contribution in [0.1, 0.15) is 28.8 Å². The molecule has 3 heterocycles. The number of piperidine rings is 1. The van der Waals surface area contributed by atoms with Gasteiger partial charge in [0.25, 0.3) is 11.8 Å². The van der Waals surface area contributed by atoms with Crippen LogP contribution in [-0.2, 0) is 4.79 Å². The second-order valence-corrected chi connectivity index (χ2v) is 10.5. The first-order chi connectivity index (χ1) is 16.5. The lowest BCUT2D eigenvalue weighted by Crippen LogP contribution is -2.52. The molecule has 0 radical (unpaired) electrons. The van der Waals surface area contributed by atoms with E-state index in [4.69, 9.17) is 0 Å². The molecule has 7 nitrogen and oxygen atoms in total. The maximum atomic E-state index is 12.5. The van der Waals surface area contributed by atoms with Crippen molar-refractivity contribution in [1.82, 2.24) is 15.1 Å². The van der Waals surface area contributed by atoms with Gasteiger partial charge in [-0.05, 0) is 98.0 Å². The van der Waals surface area contributed by atoms with Gasteiger partial charge in [-0.3, -0.25) is 19.8 Å². The van der Waals surface area contributed by atoms with Crippen molar-refractivity contribution in [3.63, 3.8) is 0 Å². The van der Waals surface area contributed by atoms with Crippen molar-refractivity contribution in [3.8, 4) is 0 Å². The summed E-state index contributed by atoms with van der Waals surface area (Å²) in [6, 6.07) is 14.6. The molecule has 34 heavy (non-hydrogen) atoms. The molecule has 2 aromatic rings. The summed E-state index contributed by atoms with van der Waals surface area (Å²) in [5.41, 5.74) is 3.76. The third kappa shape index (κ3) is 4.99. The average molecular weight is 571 g/mol. The molecular formula is C26H30IN5O2. The van der Waals surface area contributed by atoms with E-state index in [0.29, 0.717) is 16.7 Å². The molecule has 178 valence electrons. The number of piperazine rings is 1. The predicted molar refractivity (Wildman–Crippen MR) is 144 cm³/mol. The zero-order valence-corrected chi connectivity index (χ0v) is 21.5. The van der Waals surface area contributed by atoms with Gasteiger partial charge in [0.1, 0.15) is 0 Å². The molecule has 3 aliphatic rings. The molecule has 5 rings (SSSR count). The maximum Gasteiger partial charge on any atom is 0.260 e. The van der Waals surface area contributed by atoms with Crippen molar-refractivity contribution in [3.05, 3.63) is 63.4 Å². The van der Waals surface area contributed by atoms with Gasteiger partial charge in [0.15, 0.2) is 0 Å². The quantitative estimate of drug-likeness (QED) is 0.334. The van der Waals surface area contributed by atoms with Crippen molar-refractivity contribution in [2.75, 3.05) is 56.5 Å². The summed E-state index contributed by atoms with van der Waals surface area (Å²) in [7, 11) is 2.22. The molecule has 0 saturated carbocycles. The van der Waals surface area contributed by atoms with Crippen molar-refractivity contribution >= 4 is 51.4 Å². The fourth-order valence-electron chi connectivity index (χ4n) is 5.07. The van der Waals surface area contributed by atoms with Gasteiger partial charge in [0, 0.05) is 64.5 Å². The molecule has 2 saturated heterocycles. The van der Waals surface area contributed by atoms with E-state index in [1.165, 1.54) is 31.6 Å². The Morgan fingerprint density at radius 1 is 0.912 bits per heavy atom. The Hall–Kier alpha value is -2.43. The number of carbonyl (C=O) groups is 2. The molecule has 2 fully saturated rings. The normalized spacial score (nSPS) is 21.5. The molecule has 3 aliphatic heterocycles. The first-order valence-electron chi connectivity index (χ1n) is 11.9. The highest BCUT2D eigenvalue weighted by molar-refractivity contribution is 14.1. The zero-order chi connectivity index (χ0) is 23.7. The number of carbonyl (C=O) groups excluding carboxylic acids is 2. The number of amides is 2. The predicted octanol–water partition coefficient (Wildman–Crippen LogP) is 3.23. The van der Waals surface area contributed by atoms with Gasteiger partial charge in [-0.2, -0.15) is 0 Å². The van der Waals surface area contributed by atoms with Gasteiger partial charge in [0.05, 0.1) is 5.57 Å². The number of fused-ring (bicyclic) bond motifs is 1. The second kappa shape index (κ2) is 10.1. The Kier molecular flexibility index (Phi) is 6.89. The molecule has 2 amide bonds. The van der Waals surface area contributed by atoms with Crippen LogP contribution in [0.25, 0.3) is 5.57 Å². The lowest BCUT2D eigenvalue weighted by atomic mass is 9.95. The molecule has 2 N–H and O–H groups in total. The van der Waals surface area contributed by atoms with Gasteiger partial charge in [-0.25, -0.2) is 0 Å². The number of hydrogen-bond donors (Lipinski definition) is 2. The van der Waals surface area contributed by atoms with Crippen molar-refractivity contribution in [2.45, 2.75) is 18.9 Å². The monoisotopic (exact) mass is 571 g/mol. The molecule has 0 unspecified atom stereocenters. The van der Waals surface area contributed by atoms with Gasteiger partial charge in [-0.15, -0.1) is 0 Å². The number of imide groups is 1. The van der Waals surface area contributed by atoms with Crippen molar-refractivity contribution in [2.24, 2.45) is 0 Å². The standard InChI is InChI=1S/C26H30IN5O2/c1-30-10-8-21(9-11-30)32-14-12-31(13-15-32)20-5-3-19(4-6-20)28-17-24-23-16-18(27)2-7-22(23)25(33)29-26(24)34/h2-7,16-17,21,28H,8-15H2,1H3,(H,29,33,34). The van der Waals surface area contributed by atoms with Crippen LogP contribution in [0.2, 0.25) is 0 Å². The first-order valence-corrected chi connectivity index (χ1v) is 13.0. The van der Waals surface area contributed by atoms with E-state index < -0.39 is 0 Å². The molecular weight excluding hydrogens is 541 g/mol. The highest BCUT2D eigenvalue weighted by Gasteiger charge is 2.28. The number of hydrogen-bond acceptors (Lipinski definition) is 6. The summed E-state index contributed by atoms with van der Waals surface area (Å²) in [6.45, 7) is 6.75. The van der Waals surface area contributed by atoms with Crippen molar-refractivity contribution in [1.29, 1.82) is 0 Å². The number of anilines is 2. The largest absolute Gasteiger partial charge is 0.369 e. The molecule has 0 aliphatic carbocycles. The van der Waals surface area contributed by atoms with E-state index in [1.807, 2.05) is 24.3 Å². The summed E-state index contributed by atoms with van der Waals surface area (Å²) >= 11 is 2.19. The van der Waals surface area contributed by atoms with Gasteiger partial charge in [-0.1, -0.05) is 0 Å². The van der Waals surface area contributed by atoms with Crippen LogP contribution >= 0.6 is 22.6 Å². The second-order valence-electron chi connectivity index (χ2n) is 9.28. The Labute approximate surface area is 214 Å². The number of nitrogens with zero attached hydrogens (tertiary/aromatic N) is 3. The summed E-state index contributed by atoms with van der Waals surface area (Å²) < 4.78 is 0.977. The number of nitrogens with one attached hydrogen (secondary N) is 2. The zero-order valence-electron chi connectivity index (χ0n) is 19.4. The van der Waals surface area contributed by atoms with Crippen molar-refractivity contribution < 1.29 is 9.59 Å². The van der Waals surface area contributed by atoms with E-state index in [0.717, 1.165) is 41.5 Å². The summed E-state index contributed by atoms with van der Waals surface area (Å²) in [5.74, 6) is -0.736. The van der Waals surface area contributed by atoms with Crippen LogP contribution in [-0.4, -0.2) is 74.0 Å². The smallest absolute Gasteiger partial charge is 0.260 e. The van der Waals surface area contributed by atoms with Crippen LogP contribution in [0.5, 0.6) is 0 Å². The van der Waals surface area contributed by atoms with E-state index in [2.05, 4.69) is 67.1 Å². The van der Waals surface area contributed by atoms with Gasteiger partial charge in [0.2, 0.25) is 0 Å². The van der Waals surface area contributed by atoms with Crippen LogP contribution in [0.4, 0.5) is 11.4 Å². The van der Waals surface area contributed by atoms with E-state index in [9.17, 15) is 9.59 Å². The Bertz CT molecular complexity index is 1100. The lowest BCUT2D eigenvalue weighted by molar-refractivity contribution is -0.114. The molecule has 0 spiro atoms. The van der Waals surface area contributed by atoms with Crippen LogP contribution in [0.3, 0.4) is 0 Å². The minimum atomic E-state index is -0.383. The van der Waals surface area contributed by atoms with E-state index >= 15 is 0 Å². The number of halogens is 1. The van der Waals surface area contributed by atoms with Gasteiger partial charge < -0.3 is 15.1 Å². The highest BCUT2D eigenvalue weighted by Crippen LogP contribution is 2.27. The molecule has 0 bridgehead atoms. The Morgan fingerprint density at radius 3 is 2.32 bits per heavy atom. The topological polar surface area (TPSA) is 67.9 Å². The third-order valence-electron chi connectivity index (χ3n) is 7.12. The number of rotatable bonds is 4. The Balaban J connectivity index is 1.21. The SMILES string of the molecule is CN1CCC(N2CCN(c3ccc(NC=C4C(=O)NC(=O)c5ccc(I)cc54)cc3)CC2)CC1. The van der Waals surface area contributed by atoms with Gasteiger partial charge >= 0.3 is 0 Å². The Morgan fingerprint density at radius 2 is 1.62 bits per heavy atom. The van der Waals surface area contributed by atoms with E-state index in [1.54, 1.807) is 12.3 Å². The van der Waals surface area contributed by atoms with Crippen LogP contribution < -0.4 is 15.5 Å². The van der Waals surface area contributed by atoms with Crippen LogP contribution in [0, 0.1) is 3.57 Å². The first kappa shape index (κ1) is 23.3. The summed E-state index contributed by atoms with van der Waals surface area (Å²) in [5, 5.41) is 5.66. The van der Waals surface area contributed by atoms with Crippen LogP contribution in [0.15, 0.2) is 48.7 Å². The number of likely N-dealkylation sites (tertiary alicyclic amines) is 1. The van der Waals surface area contributed by atoms with E-state index in [-0.39, 0.29) is 11.8 Å². The molecule has 0 atom stereocenters. The summed E-state index contributed by atoms with van der Waals surface area (Å²) in [4.78, 5) is 32.2. The number of benzene rings is 2. The molecule has 8 heteroatoms. The lowest BCUT2D eigenvalue weighted by Gasteiger charge is -2.42.